The van der Waals surface area contributed by atoms with Gasteiger partial charge in [0.15, 0.2) is 0 Å². The van der Waals surface area contributed by atoms with Gasteiger partial charge in [-0.05, 0) is 25.0 Å². The standard InChI is InChI=1S/C14H13Cl3N2O2/c1-21-11-6-8(9(15)7-10(11)16)12-13(17)18-4-2-3-5-19(18)14(12)20/h6-7H,2-5H2,1H3. The monoisotopic (exact) mass is 346 g/mol. The lowest BCUT2D eigenvalue weighted by atomic mass is 10.1. The molecule has 0 aliphatic carbocycles. The number of fused-ring (bicyclic) bond motifs is 1. The summed E-state index contributed by atoms with van der Waals surface area (Å²) in [4.78, 5) is 12.6. The molecular formula is C14H13Cl3N2O2. The van der Waals surface area contributed by atoms with Crippen LogP contribution in [-0.2, 0) is 13.1 Å². The van der Waals surface area contributed by atoms with Gasteiger partial charge in [-0.3, -0.25) is 9.48 Å². The highest BCUT2D eigenvalue weighted by Crippen LogP contribution is 2.38. The summed E-state index contributed by atoms with van der Waals surface area (Å²) in [6.45, 7) is 1.40. The Balaban J connectivity index is 2.27. The maximum atomic E-state index is 12.6. The molecule has 0 saturated carbocycles. The minimum Gasteiger partial charge on any atom is -0.495 e. The quantitative estimate of drug-likeness (QED) is 0.820. The van der Waals surface area contributed by atoms with E-state index in [2.05, 4.69) is 0 Å². The number of ether oxygens (including phenoxy) is 1. The molecule has 2 aromatic rings. The lowest BCUT2D eigenvalue weighted by Crippen LogP contribution is -2.27. The van der Waals surface area contributed by atoms with Gasteiger partial charge in [-0.1, -0.05) is 34.8 Å². The number of nitrogens with zero attached hydrogens (tertiary/aromatic N) is 2. The van der Waals surface area contributed by atoms with Crippen LogP contribution in [0.5, 0.6) is 5.75 Å². The van der Waals surface area contributed by atoms with Crippen molar-refractivity contribution in [3.05, 3.63) is 37.7 Å². The van der Waals surface area contributed by atoms with Gasteiger partial charge in [0.1, 0.15) is 10.9 Å². The van der Waals surface area contributed by atoms with Crippen LogP contribution in [0.15, 0.2) is 16.9 Å². The van der Waals surface area contributed by atoms with Crippen LogP contribution in [0.3, 0.4) is 0 Å². The van der Waals surface area contributed by atoms with Crippen LogP contribution in [-0.4, -0.2) is 16.5 Å². The molecule has 112 valence electrons. The summed E-state index contributed by atoms with van der Waals surface area (Å²) >= 11 is 18.7. The van der Waals surface area contributed by atoms with E-state index in [4.69, 9.17) is 39.5 Å². The average molecular weight is 348 g/mol. The van der Waals surface area contributed by atoms with Crippen molar-refractivity contribution in [2.24, 2.45) is 0 Å². The highest BCUT2D eigenvalue weighted by Gasteiger charge is 2.24. The molecule has 0 unspecified atom stereocenters. The molecule has 1 aromatic heterocycles. The molecule has 1 aliphatic rings. The first kappa shape index (κ1) is 14.8. The number of methoxy groups -OCH3 is 1. The third-order valence-electron chi connectivity index (χ3n) is 3.67. The second-order valence-corrected chi connectivity index (χ2v) is 6.06. The topological polar surface area (TPSA) is 36.2 Å². The molecule has 0 amide bonds. The SMILES string of the molecule is COc1cc(-c2c(Cl)n3n(c2=O)CCCC3)c(Cl)cc1Cl. The fraction of sp³-hybridized carbons (Fsp3) is 0.357. The lowest BCUT2D eigenvalue weighted by molar-refractivity contribution is 0.356. The molecule has 2 heterocycles. The predicted molar refractivity (Wildman–Crippen MR) is 84.9 cm³/mol. The molecule has 0 atom stereocenters. The van der Waals surface area contributed by atoms with E-state index in [0.717, 1.165) is 19.4 Å². The molecule has 1 aromatic carbocycles. The number of benzene rings is 1. The van der Waals surface area contributed by atoms with Gasteiger partial charge in [-0.15, -0.1) is 0 Å². The van der Waals surface area contributed by atoms with E-state index in [-0.39, 0.29) is 5.56 Å². The molecular weight excluding hydrogens is 335 g/mol. The average Bonchev–Trinajstić information content (AvgIpc) is 2.72. The Morgan fingerprint density at radius 1 is 1.05 bits per heavy atom. The van der Waals surface area contributed by atoms with Gasteiger partial charge in [-0.25, -0.2) is 4.68 Å². The van der Waals surface area contributed by atoms with E-state index in [0.29, 0.717) is 38.6 Å². The molecule has 4 nitrogen and oxygen atoms in total. The Morgan fingerprint density at radius 3 is 2.33 bits per heavy atom. The summed E-state index contributed by atoms with van der Waals surface area (Å²) in [6.07, 6.45) is 1.97. The predicted octanol–water partition coefficient (Wildman–Crippen LogP) is 4.08. The maximum Gasteiger partial charge on any atom is 0.276 e. The third kappa shape index (κ3) is 2.35. The Bertz CT molecular complexity index is 765. The van der Waals surface area contributed by atoms with E-state index in [1.165, 1.54) is 7.11 Å². The van der Waals surface area contributed by atoms with Gasteiger partial charge in [-0.2, -0.15) is 0 Å². The van der Waals surface area contributed by atoms with Crippen LogP contribution in [0.4, 0.5) is 0 Å². The van der Waals surface area contributed by atoms with Gasteiger partial charge in [0.25, 0.3) is 5.56 Å². The van der Waals surface area contributed by atoms with Gasteiger partial charge in [0.2, 0.25) is 0 Å². The highest BCUT2D eigenvalue weighted by atomic mass is 35.5. The number of hydrogen-bond donors (Lipinski definition) is 0. The van der Waals surface area contributed by atoms with Crippen molar-refractivity contribution in [1.82, 2.24) is 9.36 Å². The van der Waals surface area contributed by atoms with E-state index in [1.54, 1.807) is 21.5 Å². The van der Waals surface area contributed by atoms with Crippen LogP contribution in [0, 0.1) is 0 Å². The second-order valence-electron chi connectivity index (χ2n) is 4.89. The van der Waals surface area contributed by atoms with Crippen molar-refractivity contribution in [2.75, 3.05) is 7.11 Å². The Labute approximate surface area is 136 Å². The zero-order valence-electron chi connectivity index (χ0n) is 11.3. The van der Waals surface area contributed by atoms with E-state index >= 15 is 0 Å². The molecule has 21 heavy (non-hydrogen) atoms. The fourth-order valence-electron chi connectivity index (χ4n) is 2.63. The van der Waals surface area contributed by atoms with Gasteiger partial charge in [0, 0.05) is 18.7 Å². The molecule has 7 heteroatoms. The van der Waals surface area contributed by atoms with Gasteiger partial charge >= 0.3 is 0 Å². The molecule has 0 N–H and O–H groups in total. The Morgan fingerprint density at radius 2 is 1.71 bits per heavy atom. The largest absolute Gasteiger partial charge is 0.495 e. The first-order valence-corrected chi connectivity index (χ1v) is 7.70. The molecule has 0 fully saturated rings. The summed E-state index contributed by atoms with van der Waals surface area (Å²) in [5, 5.41) is 1.18. The maximum absolute atomic E-state index is 12.6. The number of halogens is 3. The summed E-state index contributed by atoms with van der Waals surface area (Å²) in [5.74, 6) is 0.459. The summed E-state index contributed by atoms with van der Waals surface area (Å²) in [7, 11) is 1.51. The van der Waals surface area contributed by atoms with Crippen LogP contribution in [0.1, 0.15) is 12.8 Å². The van der Waals surface area contributed by atoms with Crippen LogP contribution in [0.25, 0.3) is 11.1 Å². The van der Waals surface area contributed by atoms with Crippen molar-refractivity contribution < 1.29 is 4.74 Å². The van der Waals surface area contributed by atoms with Crippen molar-refractivity contribution in [2.45, 2.75) is 25.9 Å². The Hall–Kier alpha value is -1.10. The van der Waals surface area contributed by atoms with E-state index in [9.17, 15) is 4.79 Å². The molecule has 1 aliphatic heterocycles. The first-order valence-electron chi connectivity index (χ1n) is 6.57. The minimum atomic E-state index is -0.133. The van der Waals surface area contributed by atoms with Crippen molar-refractivity contribution in [3.63, 3.8) is 0 Å². The summed E-state index contributed by atoms with van der Waals surface area (Å²) in [6, 6.07) is 3.22. The summed E-state index contributed by atoms with van der Waals surface area (Å²) in [5.41, 5.74) is 0.812. The lowest BCUT2D eigenvalue weighted by Gasteiger charge is -2.17. The Kier molecular flexibility index (Phi) is 3.95. The van der Waals surface area contributed by atoms with Crippen molar-refractivity contribution in [1.29, 1.82) is 0 Å². The molecule has 0 spiro atoms. The van der Waals surface area contributed by atoms with Gasteiger partial charge in [0.05, 0.1) is 22.7 Å². The first-order chi connectivity index (χ1) is 10.0. The molecule has 0 bridgehead atoms. The molecule has 3 rings (SSSR count). The van der Waals surface area contributed by atoms with Crippen LogP contribution < -0.4 is 10.3 Å². The smallest absolute Gasteiger partial charge is 0.276 e. The van der Waals surface area contributed by atoms with E-state index in [1.807, 2.05) is 0 Å². The zero-order valence-corrected chi connectivity index (χ0v) is 13.6. The van der Waals surface area contributed by atoms with Gasteiger partial charge < -0.3 is 4.74 Å². The fourth-order valence-corrected chi connectivity index (χ4v) is 3.54. The van der Waals surface area contributed by atoms with Crippen LogP contribution >= 0.6 is 34.8 Å². The number of hydrogen-bond acceptors (Lipinski definition) is 2. The van der Waals surface area contributed by atoms with E-state index < -0.39 is 0 Å². The van der Waals surface area contributed by atoms with Crippen molar-refractivity contribution >= 4 is 34.8 Å². The number of aromatic nitrogens is 2. The normalized spacial score (nSPS) is 14.1. The third-order valence-corrected chi connectivity index (χ3v) is 4.67. The highest BCUT2D eigenvalue weighted by molar-refractivity contribution is 6.38. The van der Waals surface area contributed by atoms with Crippen molar-refractivity contribution in [3.8, 4) is 16.9 Å². The number of rotatable bonds is 2. The molecule has 0 radical (unpaired) electrons. The second kappa shape index (κ2) is 5.59. The zero-order chi connectivity index (χ0) is 15.1. The summed E-state index contributed by atoms with van der Waals surface area (Å²) < 4.78 is 8.67. The minimum absolute atomic E-state index is 0.133. The van der Waals surface area contributed by atoms with Crippen LogP contribution in [0.2, 0.25) is 15.2 Å². The molecule has 0 saturated heterocycles.